The highest BCUT2D eigenvalue weighted by atomic mass is 16.3. The summed E-state index contributed by atoms with van der Waals surface area (Å²) < 4.78 is 5.27. The molecule has 6 heteroatoms. The van der Waals surface area contributed by atoms with Crippen molar-refractivity contribution in [1.29, 1.82) is 0 Å². The number of furan rings is 1. The number of nitrogens with one attached hydrogen (secondary N) is 2. The first-order chi connectivity index (χ1) is 11.2. The molecule has 0 bridgehead atoms. The number of hydrogen-bond acceptors (Lipinski definition) is 5. The predicted molar refractivity (Wildman–Crippen MR) is 87.8 cm³/mol. The van der Waals surface area contributed by atoms with E-state index in [0.29, 0.717) is 12.4 Å². The minimum atomic E-state index is -0.109. The van der Waals surface area contributed by atoms with Gasteiger partial charge in [-0.3, -0.25) is 9.78 Å². The number of aromatic nitrogens is 2. The van der Waals surface area contributed by atoms with Crippen molar-refractivity contribution in [3.05, 3.63) is 60.8 Å². The molecule has 0 unspecified atom stereocenters. The molecule has 1 amide bonds. The number of hydrogen-bond donors (Lipinski definition) is 2. The van der Waals surface area contributed by atoms with Gasteiger partial charge in [0.1, 0.15) is 11.6 Å². The van der Waals surface area contributed by atoms with Crippen LogP contribution in [0.5, 0.6) is 0 Å². The van der Waals surface area contributed by atoms with E-state index >= 15 is 0 Å². The molecule has 0 spiro atoms. The molecule has 3 rings (SSSR count). The first-order valence-electron chi connectivity index (χ1n) is 7.17. The van der Waals surface area contributed by atoms with Crippen LogP contribution >= 0.6 is 0 Å². The maximum atomic E-state index is 11.2. The molecule has 0 atom stereocenters. The van der Waals surface area contributed by atoms with E-state index in [1.165, 1.54) is 6.92 Å². The summed E-state index contributed by atoms with van der Waals surface area (Å²) >= 11 is 0. The first-order valence-corrected chi connectivity index (χ1v) is 7.17. The first kappa shape index (κ1) is 14.8. The van der Waals surface area contributed by atoms with Crippen molar-refractivity contribution in [2.24, 2.45) is 0 Å². The molecule has 2 N–H and O–H groups in total. The molecule has 0 aliphatic rings. The molecule has 6 nitrogen and oxygen atoms in total. The smallest absolute Gasteiger partial charge is 0.221 e. The second-order valence-electron chi connectivity index (χ2n) is 4.98. The SMILES string of the molecule is CC(=O)Nc1cccc(-c2cncc(NCc3ccco3)n2)c1. The van der Waals surface area contributed by atoms with Crippen molar-refractivity contribution in [1.82, 2.24) is 9.97 Å². The fraction of sp³-hybridized carbons (Fsp3) is 0.118. The van der Waals surface area contributed by atoms with Gasteiger partial charge in [-0.05, 0) is 24.3 Å². The van der Waals surface area contributed by atoms with Gasteiger partial charge in [0.25, 0.3) is 0 Å². The normalized spacial score (nSPS) is 10.3. The Morgan fingerprint density at radius 3 is 2.91 bits per heavy atom. The van der Waals surface area contributed by atoms with Gasteiger partial charge in [0.2, 0.25) is 5.91 Å². The lowest BCUT2D eigenvalue weighted by molar-refractivity contribution is -0.114. The lowest BCUT2D eigenvalue weighted by Gasteiger charge is -2.07. The minimum absolute atomic E-state index is 0.109. The van der Waals surface area contributed by atoms with Crippen LogP contribution in [-0.4, -0.2) is 15.9 Å². The van der Waals surface area contributed by atoms with E-state index < -0.39 is 0 Å². The Labute approximate surface area is 133 Å². The topological polar surface area (TPSA) is 80.0 Å². The predicted octanol–water partition coefficient (Wildman–Crippen LogP) is 3.31. The van der Waals surface area contributed by atoms with Crippen LogP contribution in [0.2, 0.25) is 0 Å². The van der Waals surface area contributed by atoms with Gasteiger partial charge in [0.05, 0.1) is 30.9 Å². The van der Waals surface area contributed by atoms with Crippen molar-refractivity contribution in [2.45, 2.75) is 13.5 Å². The van der Waals surface area contributed by atoms with Gasteiger partial charge < -0.3 is 15.1 Å². The summed E-state index contributed by atoms with van der Waals surface area (Å²) in [5.74, 6) is 1.37. The number of nitrogens with zero attached hydrogens (tertiary/aromatic N) is 2. The monoisotopic (exact) mass is 308 g/mol. The summed E-state index contributed by atoms with van der Waals surface area (Å²) in [6.45, 7) is 2.02. The Bertz CT molecular complexity index is 800. The molecule has 3 aromatic rings. The maximum Gasteiger partial charge on any atom is 0.221 e. The van der Waals surface area contributed by atoms with Gasteiger partial charge in [-0.25, -0.2) is 4.98 Å². The summed E-state index contributed by atoms with van der Waals surface area (Å²) in [4.78, 5) is 19.9. The Morgan fingerprint density at radius 1 is 1.22 bits per heavy atom. The van der Waals surface area contributed by atoms with Crippen molar-refractivity contribution in [3.63, 3.8) is 0 Å². The Hall–Kier alpha value is -3.15. The van der Waals surface area contributed by atoms with E-state index in [4.69, 9.17) is 4.42 Å². The van der Waals surface area contributed by atoms with Gasteiger partial charge in [-0.15, -0.1) is 0 Å². The molecule has 0 aliphatic carbocycles. The average molecular weight is 308 g/mol. The largest absolute Gasteiger partial charge is 0.467 e. The molecular formula is C17H16N4O2. The highest BCUT2D eigenvalue weighted by Gasteiger charge is 2.05. The molecule has 23 heavy (non-hydrogen) atoms. The van der Waals surface area contributed by atoms with E-state index in [2.05, 4.69) is 20.6 Å². The minimum Gasteiger partial charge on any atom is -0.467 e. The second-order valence-corrected chi connectivity index (χ2v) is 4.98. The molecule has 0 saturated heterocycles. The van der Waals surface area contributed by atoms with Crippen LogP contribution in [0.25, 0.3) is 11.3 Å². The molecule has 2 aromatic heterocycles. The lowest BCUT2D eigenvalue weighted by Crippen LogP contribution is -2.05. The molecule has 2 heterocycles. The number of carbonyl (C=O) groups excluding carboxylic acids is 1. The van der Waals surface area contributed by atoms with Gasteiger partial charge in [-0.2, -0.15) is 0 Å². The fourth-order valence-corrected chi connectivity index (χ4v) is 2.14. The Kier molecular flexibility index (Phi) is 4.33. The van der Waals surface area contributed by atoms with Crippen LogP contribution in [0, 0.1) is 0 Å². The standard InChI is InChI=1S/C17H16N4O2/c1-12(22)20-14-5-2-4-13(8-14)16-10-18-11-17(21-16)19-9-15-6-3-7-23-15/h2-8,10-11H,9H2,1H3,(H,19,21)(H,20,22). The number of amides is 1. The molecule has 116 valence electrons. The number of anilines is 2. The second kappa shape index (κ2) is 6.74. The van der Waals surface area contributed by atoms with Gasteiger partial charge >= 0.3 is 0 Å². The van der Waals surface area contributed by atoms with Crippen LogP contribution < -0.4 is 10.6 Å². The number of rotatable bonds is 5. The zero-order valence-electron chi connectivity index (χ0n) is 12.6. The van der Waals surface area contributed by atoms with Crippen LogP contribution in [0.3, 0.4) is 0 Å². The Balaban J connectivity index is 1.77. The van der Waals surface area contributed by atoms with E-state index in [0.717, 1.165) is 22.7 Å². The summed E-state index contributed by atoms with van der Waals surface area (Å²) in [7, 11) is 0. The van der Waals surface area contributed by atoms with Gasteiger partial charge in [0.15, 0.2) is 0 Å². The third-order valence-electron chi connectivity index (χ3n) is 3.14. The van der Waals surface area contributed by atoms with Crippen LogP contribution in [-0.2, 0) is 11.3 Å². The van der Waals surface area contributed by atoms with Gasteiger partial charge in [-0.1, -0.05) is 12.1 Å². The van der Waals surface area contributed by atoms with Crippen LogP contribution in [0.4, 0.5) is 11.5 Å². The molecule has 0 aliphatic heterocycles. The lowest BCUT2D eigenvalue weighted by atomic mass is 10.1. The number of carbonyl (C=O) groups is 1. The zero-order chi connectivity index (χ0) is 16.1. The number of benzene rings is 1. The molecule has 0 fully saturated rings. The van der Waals surface area contributed by atoms with Crippen molar-refractivity contribution >= 4 is 17.4 Å². The molecular weight excluding hydrogens is 292 g/mol. The molecule has 1 aromatic carbocycles. The quantitative estimate of drug-likeness (QED) is 0.756. The van der Waals surface area contributed by atoms with Crippen molar-refractivity contribution in [2.75, 3.05) is 10.6 Å². The zero-order valence-corrected chi connectivity index (χ0v) is 12.6. The van der Waals surface area contributed by atoms with E-state index in [-0.39, 0.29) is 5.91 Å². The third-order valence-corrected chi connectivity index (χ3v) is 3.14. The average Bonchev–Trinajstić information content (AvgIpc) is 3.06. The summed E-state index contributed by atoms with van der Waals surface area (Å²) in [6, 6.07) is 11.2. The summed E-state index contributed by atoms with van der Waals surface area (Å²) in [6.07, 6.45) is 4.97. The van der Waals surface area contributed by atoms with E-state index in [1.54, 1.807) is 18.7 Å². The molecule has 0 radical (unpaired) electrons. The highest BCUT2D eigenvalue weighted by Crippen LogP contribution is 2.21. The van der Waals surface area contributed by atoms with Crippen LogP contribution in [0.1, 0.15) is 12.7 Å². The van der Waals surface area contributed by atoms with Crippen LogP contribution in [0.15, 0.2) is 59.5 Å². The van der Waals surface area contributed by atoms with Gasteiger partial charge in [0, 0.05) is 18.2 Å². The van der Waals surface area contributed by atoms with E-state index in [1.807, 2.05) is 36.4 Å². The third kappa shape index (κ3) is 3.94. The summed E-state index contributed by atoms with van der Waals surface area (Å²) in [5, 5.41) is 5.93. The maximum absolute atomic E-state index is 11.2. The van der Waals surface area contributed by atoms with Crippen molar-refractivity contribution < 1.29 is 9.21 Å². The van der Waals surface area contributed by atoms with Crippen molar-refractivity contribution in [3.8, 4) is 11.3 Å². The highest BCUT2D eigenvalue weighted by molar-refractivity contribution is 5.89. The Morgan fingerprint density at radius 2 is 2.13 bits per heavy atom. The summed E-state index contributed by atoms with van der Waals surface area (Å²) in [5.41, 5.74) is 2.33. The molecule has 0 saturated carbocycles. The fourth-order valence-electron chi connectivity index (χ4n) is 2.14. The van der Waals surface area contributed by atoms with E-state index in [9.17, 15) is 4.79 Å².